The topological polar surface area (TPSA) is 0 Å². The predicted octanol–water partition coefficient (Wildman–Crippen LogP) is 4.31. The molecule has 0 bridgehead atoms. The minimum absolute atomic E-state index is 1.02. The summed E-state index contributed by atoms with van der Waals surface area (Å²) in [5.41, 5.74) is 2.82. The van der Waals surface area contributed by atoms with Gasteiger partial charge in [-0.05, 0) is 41.7 Å². The minimum Gasteiger partial charge on any atom is -0.0616 e. The fourth-order valence-electron chi connectivity index (χ4n) is 2.05. The molecule has 77 valence electrons. The van der Waals surface area contributed by atoms with Gasteiger partial charge in [0.2, 0.25) is 0 Å². The molecule has 0 saturated carbocycles. The lowest BCUT2D eigenvalue weighted by molar-refractivity contribution is 0.846. The average Bonchev–Trinajstić information content (AvgIpc) is 2.29. The van der Waals surface area contributed by atoms with Crippen LogP contribution < -0.4 is 0 Å². The second kappa shape index (κ2) is 4.48. The smallest absolute Gasteiger partial charge is 0.0149 e. The minimum atomic E-state index is 1.02. The molecule has 0 aliphatic heterocycles. The molecule has 0 nitrogen and oxygen atoms in total. The zero-order chi connectivity index (χ0) is 10.7. The van der Waals surface area contributed by atoms with Gasteiger partial charge in [0.1, 0.15) is 0 Å². The molecule has 0 fully saturated rings. The van der Waals surface area contributed by atoms with Crippen molar-refractivity contribution >= 4 is 10.8 Å². The molecule has 0 aliphatic carbocycles. The van der Waals surface area contributed by atoms with Crippen molar-refractivity contribution in [2.24, 2.45) is 0 Å². The van der Waals surface area contributed by atoms with Crippen molar-refractivity contribution in [3.63, 3.8) is 0 Å². The van der Waals surface area contributed by atoms with Gasteiger partial charge in [0, 0.05) is 0 Å². The van der Waals surface area contributed by atoms with Gasteiger partial charge >= 0.3 is 0 Å². The van der Waals surface area contributed by atoms with Gasteiger partial charge in [-0.1, -0.05) is 49.7 Å². The Morgan fingerprint density at radius 1 is 1.00 bits per heavy atom. The van der Waals surface area contributed by atoms with Crippen LogP contribution >= 0.6 is 0 Å². The Bertz CT molecular complexity index is 455. The first-order chi connectivity index (χ1) is 7.33. The van der Waals surface area contributed by atoms with Gasteiger partial charge in [0.15, 0.2) is 0 Å². The highest BCUT2D eigenvalue weighted by Crippen LogP contribution is 2.23. The summed E-state index contributed by atoms with van der Waals surface area (Å²) in [6.07, 6.45) is 3.33. The van der Waals surface area contributed by atoms with E-state index in [1.54, 1.807) is 0 Å². The maximum atomic E-state index is 3.90. The second-order valence-electron chi connectivity index (χ2n) is 4.04. The number of benzene rings is 2. The molecule has 0 spiro atoms. The monoisotopic (exact) mass is 197 g/mol. The van der Waals surface area contributed by atoms with Gasteiger partial charge in [-0.15, -0.1) is 0 Å². The molecule has 0 heteroatoms. The van der Waals surface area contributed by atoms with Crippen LogP contribution in [0.5, 0.6) is 0 Å². The third kappa shape index (κ3) is 2.04. The highest BCUT2D eigenvalue weighted by atomic mass is 14.1. The van der Waals surface area contributed by atoms with Gasteiger partial charge in [-0.25, -0.2) is 0 Å². The highest BCUT2D eigenvalue weighted by molar-refractivity contribution is 5.88. The molecule has 15 heavy (non-hydrogen) atoms. The number of hydrogen-bond donors (Lipinski definition) is 0. The lowest BCUT2D eigenvalue weighted by atomic mass is 9.97. The lowest BCUT2D eigenvalue weighted by Gasteiger charge is -2.08. The molecule has 0 aromatic heterocycles. The fraction of sp³-hybridized carbons (Fsp3) is 0.267. The zero-order valence-electron chi connectivity index (χ0n) is 9.29. The van der Waals surface area contributed by atoms with Gasteiger partial charge in [0.25, 0.3) is 0 Å². The fourth-order valence-corrected chi connectivity index (χ4v) is 2.05. The Kier molecular flexibility index (Phi) is 3.05. The SMILES string of the molecule is [CH2]CCCc1ccc(C)c2ccccc12. The van der Waals surface area contributed by atoms with Crippen molar-refractivity contribution in [2.45, 2.75) is 26.2 Å². The van der Waals surface area contributed by atoms with Crippen molar-refractivity contribution in [3.8, 4) is 0 Å². The Balaban J connectivity index is 2.51. The molecular formula is C15H17. The second-order valence-corrected chi connectivity index (χ2v) is 4.04. The standard InChI is InChI=1S/C15H17/c1-3-4-7-13-11-10-12(2)14-8-5-6-9-15(13)14/h5-6,8-11H,1,3-4,7H2,2H3. The number of hydrogen-bond acceptors (Lipinski definition) is 0. The van der Waals surface area contributed by atoms with Gasteiger partial charge < -0.3 is 0 Å². The number of unbranched alkanes of at least 4 members (excludes halogenated alkanes) is 1. The molecule has 0 saturated heterocycles. The van der Waals surface area contributed by atoms with Gasteiger partial charge in [-0.2, -0.15) is 0 Å². The van der Waals surface area contributed by atoms with Crippen LogP contribution in [0.15, 0.2) is 36.4 Å². The summed E-state index contributed by atoms with van der Waals surface area (Å²) in [5.74, 6) is 0. The predicted molar refractivity (Wildman–Crippen MR) is 67.0 cm³/mol. The molecule has 2 aromatic carbocycles. The first kappa shape index (κ1) is 10.2. The molecule has 0 unspecified atom stereocenters. The molecule has 0 heterocycles. The molecule has 0 amide bonds. The van der Waals surface area contributed by atoms with E-state index in [-0.39, 0.29) is 0 Å². The summed E-state index contributed by atoms with van der Waals surface area (Å²) in [4.78, 5) is 0. The number of rotatable bonds is 3. The van der Waals surface area contributed by atoms with Gasteiger partial charge in [-0.3, -0.25) is 0 Å². The van der Waals surface area contributed by atoms with Crippen LogP contribution in [0.3, 0.4) is 0 Å². The van der Waals surface area contributed by atoms with Crippen molar-refractivity contribution < 1.29 is 0 Å². The average molecular weight is 197 g/mol. The summed E-state index contributed by atoms with van der Waals surface area (Å²) >= 11 is 0. The number of fused-ring (bicyclic) bond motifs is 1. The molecule has 0 atom stereocenters. The maximum Gasteiger partial charge on any atom is -0.0149 e. The first-order valence-corrected chi connectivity index (χ1v) is 5.59. The van der Waals surface area contributed by atoms with Crippen LogP contribution in [-0.4, -0.2) is 0 Å². The van der Waals surface area contributed by atoms with E-state index in [1.165, 1.54) is 28.3 Å². The summed E-state index contributed by atoms with van der Waals surface area (Å²) in [5, 5.41) is 2.80. The van der Waals surface area contributed by atoms with E-state index < -0.39 is 0 Å². The maximum absolute atomic E-state index is 3.90. The van der Waals surface area contributed by atoms with E-state index >= 15 is 0 Å². The van der Waals surface area contributed by atoms with Crippen molar-refractivity contribution in [1.29, 1.82) is 0 Å². The van der Waals surface area contributed by atoms with E-state index in [0.717, 1.165) is 12.8 Å². The van der Waals surface area contributed by atoms with Crippen molar-refractivity contribution in [3.05, 3.63) is 54.4 Å². The summed E-state index contributed by atoms with van der Waals surface area (Å²) in [6, 6.07) is 13.1. The zero-order valence-corrected chi connectivity index (χ0v) is 9.29. The molecule has 1 radical (unpaired) electrons. The first-order valence-electron chi connectivity index (χ1n) is 5.59. The molecule has 0 N–H and O–H groups in total. The summed E-state index contributed by atoms with van der Waals surface area (Å²) < 4.78 is 0. The van der Waals surface area contributed by atoms with Crippen molar-refractivity contribution in [2.75, 3.05) is 0 Å². The third-order valence-electron chi connectivity index (χ3n) is 2.93. The van der Waals surface area contributed by atoms with E-state index in [4.69, 9.17) is 0 Å². The number of aryl methyl sites for hydroxylation is 2. The Labute approximate surface area is 91.9 Å². The molecule has 2 rings (SSSR count). The third-order valence-corrected chi connectivity index (χ3v) is 2.93. The van der Waals surface area contributed by atoms with Crippen molar-refractivity contribution in [1.82, 2.24) is 0 Å². The van der Waals surface area contributed by atoms with E-state index in [2.05, 4.69) is 50.2 Å². The Hall–Kier alpha value is -1.30. The van der Waals surface area contributed by atoms with Crippen LogP contribution in [0.1, 0.15) is 24.0 Å². The largest absolute Gasteiger partial charge is 0.0616 e. The van der Waals surface area contributed by atoms with Crippen LogP contribution in [0.4, 0.5) is 0 Å². The lowest BCUT2D eigenvalue weighted by Crippen LogP contribution is -1.88. The molecular weight excluding hydrogens is 180 g/mol. The summed E-state index contributed by atoms with van der Waals surface area (Å²) in [7, 11) is 0. The highest BCUT2D eigenvalue weighted by Gasteiger charge is 2.01. The van der Waals surface area contributed by atoms with E-state index in [1.807, 2.05) is 0 Å². The van der Waals surface area contributed by atoms with E-state index in [9.17, 15) is 0 Å². The molecule has 0 aliphatic rings. The quantitative estimate of drug-likeness (QED) is 0.688. The van der Waals surface area contributed by atoms with Crippen LogP contribution in [0, 0.1) is 13.8 Å². The Morgan fingerprint density at radius 2 is 1.73 bits per heavy atom. The van der Waals surface area contributed by atoms with Gasteiger partial charge in [0.05, 0.1) is 0 Å². The van der Waals surface area contributed by atoms with Crippen LogP contribution in [-0.2, 0) is 6.42 Å². The normalized spacial score (nSPS) is 10.8. The van der Waals surface area contributed by atoms with E-state index in [0.29, 0.717) is 0 Å². The summed E-state index contributed by atoms with van der Waals surface area (Å²) in [6.45, 7) is 6.07. The molecule has 2 aromatic rings. The van der Waals surface area contributed by atoms with Crippen LogP contribution in [0.25, 0.3) is 10.8 Å². The Morgan fingerprint density at radius 3 is 2.47 bits per heavy atom. The van der Waals surface area contributed by atoms with Crippen LogP contribution in [0.2, 0.25) is 0 Å².